The zero-order valence-corrected chi connectivity index (χ0v) is 20.1. The van der Waals surface area contributed by atoms with Crippen LogP contribution in [0.3, 0.4) is 0 Å². The Morgan fingerprint density at radius 3 is 2.49 bits per heavy atom. The highest BCUT2D eigenvalue weighted by atomic mass is 35.5. The second-order valence-corrected chi connectivity index (χ2v) is 8.93. The van der Waals surface area contributed by atoms with E-state index in [1.165, 1.54) is 12.1 Å². The van der Waals surface area contributed by atoms with Gasteiger partial charge in [0.15, 0.2) is 18.0 Å². The van der Waals surface area contributed by atoms with E-state index in [0.717, 1.165) is 16.3 Å². The van der Waals surface area contributed by atoms with E-state index in [-0.39, 0.29) is 32.5 Å². The third-order valence-electron chi connectivity index (χ3n) is 5.59. The Morgan fingerprint density at radius 2 is 1.69 bits per heavy atom. The molecule has 0 aliphatic rings. The first-order valence-corrected chi connectivity index (χ1v) is 11.6. The zero-order chi connectivity index (χ0) is 24.5. The third kappa shape index (κ3) is 4.61. The van der Waals surface area contributed by atoms with Crippen LogP contribution in [0.15, 0.2) is 88.1 Å². The Labute approximate surface area is 210 Å². The quantitative estimate of drug-likeness (QED) is 0.274. The van der Waals surface area contributed by atoms with Crippen molar-refractivity contribution in [1.82, 2.24) is 0 Å². The summed E-state index contributed by atoms with van der Waals surface area (Å²) in [5.74, 6) is -0.322. The lowest BCUT2D eigenvalue weighted by atomic mass is 10.1. The highest BCUT2D eigenvalue weighted by Gasteiger charge is 2.21. The molecule has 0 atom stereocenters. The predicted molar refractivity (Wildman–Crippen MR) is 141 cm³/mol. The molecule has 1 amide bonds. The maximum Gasteiger partial charge on any atom is 0.262 e. The Morgan fingerprint density at radius 1 is 0.943 bits per heavy atom. The SMILES string of the molecule is Cc1ccc(-c2oc3c(Cl)cc(Cl)cc3c(=O)c2OCC(=O)Nc2cccc3ccccc23)cc1. The normalized spacial score (nSPS) is 11.1. The second kappa shape index (κ2) is 9.45. The van der Waals surface area contributed by atoms with E-state index < -0.39 is 17.9 Å². The standard InChI is InChI=1S/C28H19Cl2NO4/c1-16-9-11-18(12-10-16)26-28(25(33)21-13-19(29)14-22(30)27(21)35-26)34-15-24(32)31-23-8-4-6-17-5-2-3-7-20(17)23/h2-14H,15H2,1H3,(H,31,32). The summed E-state index contributed by atoms with van der Waals surface area (Å²) in [5, 5.41) is 5.42. The van der Waals surface area contributed by atoms with E-state index in [0.29, 0.717) is 11.3 Å². The minimum absolute atomic E-state index is 0.0900. The molecule has 5 rings (SSSR count). The summed E-state index contributed by atoms with van der Waals surface area (Å²) in [6, 6.07) is 23.7. The van der Waals surface area contributed by atoms with Crippen LogP contribution in [0.4, 0.5) is 5.69 Å². The zero-order valence-electron chi connectivity index (χ0n) is 18.6. The minimum atomic E-state index is -0.468. The Bertz CT molecular complexity index is 1640. The summed E-state index contributed by atoms with van der Waals surface area (Å²) in [6.07, 6.45) is 0. The van der Waals surface area contributed by atoms with E-state index in [1.54, 1.807) is 0 Å². The van der Waals surface area contributed by atoms with Crippen LogP contribution in [0.2, 0.25) is 10.0 Å². The Hall–Kier alpha value is -3.80. The molecule has 4 aromatic carbocycles. The lowest BCUT2D eigenvalue weighted by molar-refractivity contribution is -0.118. The van der Waals surface area contributed by atoms with Crippen molar-refractivity contribution in [3.05, 3.63) is 105 Å². The van der Waals surface area contributed by atoms with Crippen molar-refractivity contribution in [3.8, 4) is 17.1 Å². The number of nitrogens with one attached hydrogen (secondary N) is 1. The number of amides is 1. The van der Waals surface area contributed by atoms with Crippen LogP contribution in [0.25, 0.3) is 33.1 Å². The second-order valence-electron chi connectivity index (χ2n) is 8.08. The smallest absolute Gasteiger partial charge is 0.262 e. The first kappa shape index (κ1) is 23.0. The number of carbonyl (C=O) groups excluding carboxylic acids is 1. The number of ether oxygens (including phenoxy) is 1. The monoisotopic (exact) mass is 503 g/mol. The molecule has 0 spiro atoms. The first-order valence-electron chi connectivity index (χ1n) is 10.8. The lowest BCUT2D eigenvalue weighted by Crippen LogP contribution is -2.22. The van der Waals surface area contributed by atoms with Crippen LogP contribution in [0.5, 0.6) is 5.75 Å². The molecule has 1 heterocycles. The third-order valence-corrected chi connectivity index (χ3v) is 6.09. The number of aryl methyl sites for hydroxylation is 1. The van der Waals surface area contributed by atoms with Crippen LogP contribution in [0.1, 0.15) is 5.56 Å². The molecule has 1 aromatic heterocycles. The van der Waals surface area contributed by atoms with E-state index in [9.17, 15) is 9.59 Å². The van der Waals surface area contributed by atoms with Gasteiger partial charge in [-0.05, 0) is 30.5 Å². The fraction of sp³-hybridized carbons (Fsp3) is 0.0714. The average Bonchev–Trinajstić information content (AvgIpc) is 2.84. The molecule has 7 heteroatoms. The van der Waals surface area contributed by atoms with Crippen LogP contribution in [-0.2, 0) is 4.79 Å². The summed E-state index contributed by atoms with van der Waals surface area (Å²) in [4.78, 5) is 26.2. The fourth-order valence-corrected chi connectivity index (χ4v) is 4.42. The van der Waals surface area contributed by atoms with Gasteiger partial charge in [0, 0.05) is 21.7 Å². The molecule has 174 valence electrons. The van der Waals surface area contributed by atoms with Gasteiger partial charge < -0.3 is 14.5 Å². The number of fused-ring (bicyclic) bond motifs is 2. The molecular formula is C28H19Cl2NO4. The van der Waals surface area contributed by atoms with Crippen LogP contribution < -0.4 is 15.5 Å². The number of hydrogen-bond donors (Lipinski definition) is 1. The maximum atomic E-state index is 13.4. The van der Waals surface area contributed by atoms with E-state index >= 15 is 0 Å². The van der Waals surface area contributed by atoms with Crippen molar-refractivity contribution in [2.75, 3.05) is 11.9 Å². The molecule has 0 aliphatic carbocycles. The largest absolute Gasteiger partial charge is 0.476 e. The highest BCUT2D eigenvalue weighted by Crippen LogP contribution is 2.35. The van der Waals surface area contributed by atoms with Gasteiger partial charge in [0.2, 0.25) is 11.2 Å². The molecule has 0 saturated carbocycles. The van der Waals surface area contributed by atoms with E-state index in [1.807, 2.05) is 73.7 Å². The first-order chi connectivity index (χ1) is 16.9. The maximum absolute atomic E-state index is 13.4. The van der Waals surface area contributed by atoms with Crippen LogP contribution in [-0.4, -0.2) is 12.5 Å². The number of benzene rings is 4. The molecule has 5 nitrogen and oxygen atoms in total. The molecule has 0 saturated heterocycles. The predicted octanol–water partition coefficient (Wildman–Crippen LogP) is 7.25. The summed E-state index contributed by atoms with van der Waals surface area (Å²) in [6.45, 7) is 1.56. The number of anilines is 1. The highest BCUT2D eigenvalue weighted by molar-refractivity contribution is 6.38. The van der Waals surface area contributed by atoms with E-state index in [4.69, 9.17) is 32.4 Å². The number of hydrogen-bond acceptors (Lipinski definition) is 4. The van der Waals surface area contributed by atoms with Gasteiger partial charge in [-0.3, -0.25) is 9.59 Å². The van der Waals surface area contributed by atoms with Crippen LogP contribution >= 0.6 is 23.2 Å². The van der Waals surface area contributed by atoms with Gasteiger partial charge in [-0.25, -0.2) is 0 Å². The molecule has 0 aliphatic heterocycles. The summed E-state index contributed by atoms with van der Waals surface area (Å²) in [7, 11) is 0. The van der Waals surface area contributed by atoms with Gasteiger partial charge in [0.05, 0.1) is 10.4 Å². The average molecular weight is 504 g/mol. The van der Waals surface area contributed by atoms with Crippen molar-refractivity contribution in [3.63, 3.8) is 0 Å². The molecule has 35 heavy (non-hydrogen) atoms. The molecule has 0 unspecified atom stereocenters. The van der Waals surface area contributed by atoms with Gasteiger partial charge in [0.25, 0.3) is 5.91 Å². The van der Waals surface area contributed by atoms with Crippen LogP contribution in [0, 0.1) is 6.92 Å². The molecular weight excluding hydrogens is 485 g/mol. The Kier molecular flexibility index (Phi) is 6.20. The summed E-state index contributed by atoms with van der Waals surface area (Å²) >= 11 is 12.4. The summed E-state index contributed by atoms with van der Waals surface area (Å²) in [5.41, 5.74) is 2.04. The lowest BCUT2D eigenvalue weighted by Gasteiger charge is -2.13. The number of halogens is 2. The Balaban J connectivity index is 1.51. The van der Waals surface area contributed by atoms with Crippen molar-refractivity contribution < 1.29 is 13.9 Å². The molecule has 1 N–H and O–H groups in total. The minimum Gasteiger partial charge on any atom is -0.476 e. The molecule has 0 radical (unpaired) electrons. The van der Waals surface area contributed by atoms with E-state index in [2.05, 4.69) is 5.32 Å². The van der Waals surface area contributed by atoms with Gasteiger partial charge in [0.1, 0.15) is 0 Å². The van der Waals surface area contributed by atoms with Gasteiger partial charge in [-0.2, -0.15) is 0 Å². The topological polar surface area (TPSA) is 68.5 Å². The fourth-order valence-electron chi connectivity index (χ4n) is 3.89. The van der Waals surface area contributed by atoms with Gasteiger partial charge >= 0.3 is 0 Å². The molecule has 0 bridgehead atoms. The van der Waals surface area contributed by atoms with Crippen molar-refractivity contribution in [1.29, 1.82) is 0 Å². The number of rotatable bonds is 5. The van der Waals surface area contributed by atoms with Crippen molar-refractivity contribution in [2.45, 2.75) is 6.92 Å². The van der Waals surface area contributed by atoms with Crippen molar-refractivity contribution in [2.24, 2.45) is 0 Å². The molecule has 0 fully saturated rings. The van der Waals surface area contributed by atoms with Crippen molar-refractivity contribution >= 4 is 56.5 Å². The van der Waals surface area contributed by atoms with Gasteiger partial charge in [-0.15, -0.1) is 0 Å². The van der Waals surface area contributed by atoms with Gasteiger partial charge in [-0.1, -0.05) is 89.4 Å². The number of carbonyl (C=O) groups is 1. The molecule has 5 aromatic rings. The summed E-state index contributed by atoms with van der Waals surface area (Å²) < 4.78 is 11.8.